The minimum absolute atomic E-state index is 0.0560. The smallest absolute Gasteiger partial charge is 0.307 e. The number of carbonyl (C=O) groups is 1. The number of hydrogen-bond donors (Lipinski definition) is 1. The van der Waals surface area contributed by atoms with Crippen LogP contribution in [0.1, 0.15) is 24.0 Å². The highest BCUT2D eigenvalue weighted by molar-refractivity contribution is 7.22. The lowest BCUT2D eigenvalue weighted by Crippen LogP contribution is -2.20. The number of fused-ring (bicyclic) bond motifs is 1. The molecule has 8 heteroatoms. The summed E-state index contributed by atoms with van der Waals surface area (Å²) in [5, 5.41) is 11.0. The van der Waals surface area contributed by atoms with Crippen LogP contribution in [0.15, 0.2) is 42.6 Å². The maximum absolute atomic E-state index is 11.6. The molecule has 3 heterocycles. The summed E-state index contributed by atoms with van der Waals surface area (Å²) in [6.45, 7) is 3.88. The number of thiazole rings is 1. The van der Waals surface area contributed by atoms with Crippen molar-refractivity contribution < 1.29 is 9.90 Å². The van der Waals surface area contributed by atoms with E-state index in [0.717, 1.165) is 75.1 Å². The molecule has 1 aliphatic heterocycles. The van der Waals surface area contributed by atoms with E-state index in [1.807, 2.05) is 43.3 Å². The number of benzene rings is 2. The Balaban J connectivity index is 1.68. The second kappa shape index (κ2) is 8.48. The molecular formula is C24H21ClN4O2S. The van der Waals surface area contributed by atoms with Crippen LogP contribution in [0.2, 0.25) is 5.02 Å². The van der Waals surface area contributed by atoms with Gasteiger partial charge in [0.2, 0.25) is 5.95 Å². The fourth-order valence-corrected chi connectivity index (χ4v) is 5.42. The van der Waals surface area contributed by atoms with Crippen LogP contribution in [0.4, 0.5) is 5.95 Å². The van der Waals surface area contributed by atoms with Crippen molar-refractivity contribution in [2.24, 2.45) is 0 Å². The Morgan fingerprint density at radius 1 is 1.16 bits per heavy atom. The Morgan fingerprint density at radius 3 is 2.62 bits per heavy atom. The van der Waals surface area contributed by atoms with Crippen molar-refractivity contribution in [3.63, 3.8) is 0 Å². The van der Waals surface area contributed by atoms with Gasteiger partial charge < -0.3 is 10.0 Å². The summed E-state index contributed by atoms with van der Waals surface area (Å²) in [6.07, 6.45) is 4.04. The molecule has 162 valence electrons. The molecule has 0 aliphatic carbocycles. The first kappa shape index (κ1) is 20.8. The number of aromatic nitrogens is 3. The summed E-state index contributed by atoms with van der Waals surface area (Å²) >= 11 is 7.63. The fourth-order valence-electron chi connectivity index (χ4n) is 4.18. The summed E-state index contributed by atoms with van der Waals surface area (Å²) in [4.78, 5) is 27.9. The van der Waals surface area contributed by atoms with Crippen molar-refractivity contribution in [3.8, 4) is 21.8 Å². The standard InChI is InChI=1S/C24H21ClN4O2S/c1-14-12-19-22(21(17(14)13-20(30)31)15-4-6-16(25)7-5-15)32-23(27-19)18-8-9-26-24(28-18)29-10-2-3-11-29/h4-9,12H,2-3,10-11,13H2,1H3,(H,30,31). The molecule has 1 fully saturated rings. The first-order valence-electron chi connectivity index (χ1n) is 10.5. The number of rotatable bonds is 5. The highest BCUT2D eigenvalue weighted by Crippen LogP contribution is 2.40. The number of carboxylic acids is 1. The van der Waals surface area contributed by atoms with Gasteiger partial charge in [0.1, 0.15) is 10.7 Å². The quantitative estimate of drug-likeness (QED) is 0.413. The highest BCUT2D eigenvalue weighted by Gasteiger charge is 2.21. The van der Waals surface area contributed by atoms with Gasteiger partial charge in [0.15, 0.2) is 0 Å². The first-order valence-corrected chi connectivity index (χ1v) is 11.7. The van der Waals surface area contributed by atoms with Gasteiger partial charge in [0, 0.05) is 29.9 Å². The van der Waals surface area contributed by atoms with E-state index in [0.29, 0.717) is 5.02 Å². The van der Waals surface area contributed by atoms with Crippen LogP contribution in [0.3, 0.4) is 0 Å². The average molecular weight is 465 g/mol. The Hall–Kier alpha value is -3.03. The summed E-state index contributed by atoms with van der Waals surface area (Å²) in [7, 11) is 0. The Bertz CT molecular complexity index is 1310. The third kappa shape index (κ3) is 3.94. The van der Waals surface area contributed by atoms with Gasteiger partial charge in [-0.2, -0.15) is 0 Å². The number of hydrogen-bond acceptors (Lipinski definition) is 6. The van der Waals surface area contributed by atoms with Crippen molar-refractivity contribution in [3.05, 3.63) is 58.7 Å². The lowest BCUT2D eigenvalue weighted by molar-refractivity contribution is -0.136. The topological polar surface area (TPSA) is 79.2 Å². The summed E-state index contributed by atoms with van der Waals surface area (Å²) < 4.78 is 0.950. The number of halogens is 1. The minimum atomic E-state index is -0.863. The van der Waals surface area contributed by atoms with Gasteiger partial charge >= 0.3 is 5.97 Å². The molecule has 0 bridgehead atoms. The lowest BCUT2D eigenvalue weighted by Gasteiger charge is -2.14. The number of nitrogens with zero attached hydrogens (tertiary/aromatic N) is 4. The SMILES string of the molecule is Cc1cc2nc(-c3ccnc(N4CCCC4)n3)sc2c(-c2ccc(Cl)cc2)c1CC(=O)O. The zero-order valence-corrected chi connectivity index (χ0v) is 19.1. The van der Waals surface area contributed by atoms with E-state index in [4.69, 9.17) is 21.6 Å². The Kier molecular flexibility index (Phi) is 5.53. The molecule has 2 aromatic heterocycles. The molecule has 32 heavy (non-hydrogen) atoms. The normalized spacial score (nSPS) is 13.8. The predicted molar refractivity (Wildman–Crippen MR) is 129 cm³/mol. The number of anilines is 1. The highest BCUT2D eigenvalue weighted by atomic mass is 35.5. The van der Waals surface area contributed by atoms with Gasteiger partial charge in [-0.3, -0.25) is 4.79 Å². The van der Waals surface area contributed by atoms with Gasteiger partial charge in [-0.05, 0) is 60.7 Å². The van der Waals surface area contributed by atoms with E-state index >= 15 is 0 Å². The van der Waals surface area contributed by atoms with Crippen LogP contribution in [-0.4, -0.2) is 39.1 Å². The third-order valence-corrected chi connectivity index (χ3v) is 7.09. The molecule has 1 N–H and O–H groups in total. The zero-order chi connectivity index (χ0) is 22.2. The van der Waals surface area contributed by atoms with Crippen molar-refractivity contribution >= 4 is 45.1 Å². The Labute approximate surface area is 194 Å². The Morgan fingerprint density at radius 2 is 1.91 bits per heavy atom. The molecule has 5 rings (SSSR count). The van der Waals surface area contributed by atoms with Crippen molar-refractivity contribution in [2.75, 3.05) is 18.0 Å². The molecular weight excluding hydrogens is 444 g/mol. The molecule has 0 radical (unpaired) electrons. The van der Waals surface area contributed by atoms with Crippen LogP contribution < -0.4 is 4.90 Å². The van der Waals surface area contributed by atoms with Gasteiger partial charge in [-0.15, -0.1) is 11.3 Å². The van der Waals surface area contributed by atoms with Crippen molar-refractivity contribution in [2.45, 2.75) is 26.2 Å². The molecule has 0 unspecified atom stereocenters. The maximum Gasteiger partial charge on any atom is 0.307 e. The lowest BCUT2D eigenvalue weighted by atomic mass is 9.93. The molecule has 2 aromatic carbocycles. The molecule has 0 atom stereocenters. The molecule has 4 aromatic rings. The predicted octanol–water partition coefficient (Wildman–Crippen LogP) is 5.61. The van der Waals surface area contributed by atoms with Crippen LogP contribution in [0.25, 0.3) is 32.0 Å². The van der Waals surface area contributed by atoms with Gasteiger partial charge in [0.05, 0.1) is 16.6 Å². The van der Waals surface area contributed by atoms with E-state index in [9.17, 15) is 9.90 Å². The van der Waals surface area contributed by atoms with Crippen molar-refractivity contribution in [1.29, 1.82) is 0 Å². The first-order chi connectivity index (χ1) is 15.5. The summed E-state index contributed by atoms with van der Waals surface area (Å²) in [6, 6.07) is 11.4. The molecule has 0 amide bonds. The average Bonchev–Trinajstić information content (AvgIpc) is 3.45. The molecule has 6 nitrogen and oxygen atoms in total. The number of carboxylic acid groups (broad SMARTS) is 1. The molecule has 0 spiro atoms. The summed E-state index contributed by atoms with van der Waals surface area (Å²) in [5.74, 6) is -0.126. The summed E-state index contributed by atoms with van der Waals surface area (Å²) in [5.41, 5.74) is 5.14. The number of aryl methyl sites for hydroxylation is 1. The number of aliphatic carboxylic acids is 1. The molecule has 1 aliphatic rings. The second-order valence-electron chi connectivity index (χ2n) is 7.93. The van der Waals surface area contributed by atoms with Crippen LogP contribution in [0.5, 0.6) is 0 Å². The fraction of sp³-hybridized carbons (Fsp3) is 0.250. The maximum atomic E-state index is 11.6. The van der Waals surface area contributed by atoms with E-state index in [1.165, 1.54) is 11.3 Å². The van der Waals surface area contributed by atoms with Crippen molar-refractivity contribution in [1.82, 2.24) is 15.0 Å². The van der Waals surface area contributed by atoms with Crippen LogP contribution in [0, 0.1) is 6.92 Å². The van der Waals surface area contributed by atoms with E-state index in [-0.39, 0.29) is 6.42 Å². The van der Waals surface area contributed by atoms with Crippen LogP contribution >= 0.6 is 22.9 Å². The van der Waals surface area contributed by atoms with Gasteiger partial charge in [-0.1, -0.05) is 23.7 Å². The van der Waals surface area contributed by atoms with Gasteiger partial charge in [-0.25, -0.2) is 15.0 Å². The zero-order valence-electron chi connectivity index (χ0n) is 17.5. The monoisotopic (exact) mass is 464 g/mol. The largest absolute Gasteiger partial charge is 0.481 e. The third-order valence-electron chi connectivity index (χ3n) is 5.72. The second-order valence-corrected chi connectivity index (χ2v) is 9.36. The van der Waals surface area contributed by atoms with E-state index in [2.05, 4.69) is 9.88 Å². The van der Waals surface area contributed by atoms with E-state index in [1.54, 1.807) is 6.20 Å². The van der Waals surface area contributed by atoms with E-state index < -0.39 is 5.97 Å². The van der Waals surface area contributed by atoms with Gasteiger partial charge in [0.25, 0.3) is 0 Å². The molecule has 1 saturated heterocycles. The van der Waals surface area contributed by atoms with Crippen LogP contribution in [-0.2, 0) is 11.2 Å². The molecule has 0 saturated carbocycles. The minimum Gasteiger partial charge on any atom is -0.481 e.